The summed E-state index contributed by atoms with van der Waals surface area (Å²) >= 11 is 0. The van der Waals surface area contributed by atoms with Gasteiger partial charge in [0.15, 0.2) is 0 Å². The summed E-state index contributed by atoms with van der Waals surface area (Å²) in [4.78, 5) is 3.81. The van der Waals surface area contributed by atoms with Gasteiger partial charge in [-0.25, -0.2) is 4.99 Å². The highest BCUT2D eigenvalue weighted by Crippen LogP contribution is 2.13. The van der Waals surface area contributed by atoms with Gasteiger partial charge >= 0.3 is 0 Å². The Kier molecular flexibility index (Phi) is 4.03. The van der Waals surface area contributed by atoms with Crippen LogP contribution in [0.15, 0.2) is 23.2 Å². The minimum Gasteiger partial charge on any atom is -0.383 e. The number of aliphatic imine (C=N–C) groups is 1. The summed E-state index contributed by atoms with van der Waals surface area (Å²) in [5.74, 6) is 0.428. The zero-order chi connectivity index (χ0) is 11.3. The summed E-state index contributed by atoms with van der Waals surface area (Å²) < 4.78 is 0. The predicted molar refractivity (Wildman–Crippen MR) is 64.7 cm³/mol. The molecule has 0 unspecified atom stereocenters. The van der Waals surface area contributed by atoms with E-state index in [-0.39, 0.29) is 0 Å². The van der Waals surface area contributed by atoms with Crippen LogP contribution in [0, 0.1) is 12.3 Å². The van der Waals surface area contributed by atoms with Crippen molar-refractivity contribution >= 4 is 12.2 Å². The van der Waals surface area contributed by atoms with E-state index < -0.39 is 0 Å². The first kappa shape index (κ1) is 11.4. The molecular weight excluding hydrogens is 186 g/mol. The van der Waals surface area contributed by atoms with Gasteiger partial charge in [-0.15, -0.1) is 0 Å². The van der Waals surface area contributed by atoms with Crippen molar-refractivity contribution < 1.29 is 0 Å². The number of benzene rings is 1. The van der Waals surface area contributed by atoms with Crippen molar-refractivity contribution in [3.63, 3.8) is 0 Å². The molecule has 1 rings (SSSR count). The fourth-order valence-corrected chi connectivity index (χ4v) is 1.56. The van der Waals surface area contributed by atoms with E-state index >= 15 is 0 Å². The highest BCUT2D eigenvalue weighted by Gasteiger charge is 2.05. The minimum atomic E-state index is 0.428. The maximum absolute atomic E-state index is 6.92. The molecule has 0 radical (unpaired) electrons. The third-order valence-corrected chi connectivity index (χ3v) is 2.26. The third kappa shape index (κ3) is 2.91. The maximum Gasteiger partial charge on any atom is 0.132 e. The Morgan fingerprint density at radius 2 is 2.27 bits per heavy atom. The molecule has 15 heavy (non-hydrogen) atoms. The molecule has 0 saturated carbocycles. The molecule has 0 aromatic heterocycles. The Balaban J connectivity index is 3.17. The number of hydrogen-bond acceptors (Lipinski definition) is 1. The summed E-state index contributed by atoms with van der Waals surface area (Å²) in [5, 5.41) is 6.92. The first-order valence-electron chi connectivity index (χ1n) is 5.11. The zero-order valence-corrected chi connectivity index (χ0v) is 9.25. The minimum absolute atomic E-state index is 0.428. The number of nitrogens with two attached hydrogens (primary N) is 1. The molecule has 0 fully saturated rings. The molecule has 0 atom stereocenters. The fourth-order valence-electron chi connectivity index (χ4n) is 1.56. The van der Waals surface area contributed by atoms with Crippen molar-refractivity contribution in [3.05, 3.63) is 34.9 Å². The van der Waals surface area contributed by atoms with Gasteiger partial charge in [0.1, 0.15) is 12.2 Å². The lowest BCUT2D eigenvalue weighted by Crippen LogP contribution is -2.16. The van der Waals surface area contributed by atoms with Gasteiger partial charge in [0.05, 0.1) is 0 Å². The van der Waals surface area contributed by atoms with E-state index in [4.69, 9.17) is 11.1 Å². The van der Waals surface area contributed by atoms with Gasteiger partial charge in [0.25, 0.3) is 0 Å². The van der Waals surface area contributed by atoms with Crippen LogP contribution in [0.2, 0.25) is 0 Å². The van der Waals surface area contributed by atoms with Crippen LogP contribution in [0.3, 0.4) is 0 Å². The maximum atomic E-state index is 6.92. The summed E-state index contributed by atoms with van der Waals surface area (Å²) in [6.07, 6.45) is 3.05. The first-order chi connectivity index (χ1) is 7.19. The van der Waals surface area contributed by atoms with Crippen LogP contribution in [0.5, 0.6) is 0 Å². The van der Waals surface area contributed by atoms with E-state index in [2.05, 4.69) is 24.0 Å². The Morgan fingerprint density at radius 1 is 1.53 bits per heavy atom. The van der Waals surface area contributed by atoms with Crippen molar-refractivity contribution in [2.45, 2.75) is 26.7 Å². The summed E-state index contributed by atoms with van der Waals surface area (Å²) in [6, 6.07) is 6.18. The van der Waals surface area contributed by atoms with Crippen molar-refractivity contribution in [2.75, 3.05) is 0 Å². The van der Waals surface area contributed by atoms with Gasteiger partial charge in [0.2, 0.25) is 0 Å². The summed E-state index contributed by atoms with van der Waals surface area (Å²) in [5.41, 5.74) is 9.12. The molecule has 0 amide bonds. The summed E-state index contributed by atoms with van der Waals surface area (Å²) in [6.45, 7) is 4.16. The van der Waals surface area contributed by atoms with Gasteiger partial charge < -0.3 is 5.73 Å². The van der Waals surface area contributed by atoms with Gasteiger partial charge in [-0.1, -0.05) is 31.0 Å². The second-order valence-electron chi connectivity index (χ2n) is 3.55. The second-order valence-corrected chi connectivity index (χ2v) is 3.55. The number of amidine groups is 1. The smallest absolute Gasteiger partial charge is 0.132 e. The molecular formula is C12H17N3. The largest absolute Gasteiger partial charge is 0.383 e. The Hall–Kier alpha value is -1.64. The molecule has 0 heterocycles. The van der Waals surface area contributed by atoms with Crippen LogP contribution in [0.25, 0.3) is 0 Å². The standard InChI is InChI=1S/C12H17N3/c1-3-4-10-6-5-9(2)7-11(10)12(14)15-8-13/h5-8H,3-4H2,1-2H3,(H3,13,14,15). The van der Waals surface area contributed by atoms with Crippen molar-refractivity contribution in [3.8, 4) is 0 Å². The van der Waals surface area contributed by atoms with Gasteiger partial charge in [0, 0.05) is 5.56 Å². The van der Waals surface area contributed by atoms with E-state index in [1.54, 1.807) is 0 Å². The van der Waals surface area contributed by atoms with Crippen molar-refractivity contribution in [1.82, 2.24) is 0 Å². The molecule has 3 nitrogen and oxygen atoms in total. The number of rotatable bonds is 4. The quantitative estimate of drug-likeness (QED) is 0.572. The van der Waals surface area contributed by atoms with Crippen LogP contribution < -0.4 is 5.73 Å². The number of nitrogens with zero attached hydrogens (tertiary/aromatic N) is 1. The monoisotopic (exact) mass is 203 g/mol. The van der Waals surface area contributed by atoms with Crippen molar-refractivity contribution in [1.29, 1.82) is 5.41 Å². The molecule has 1 aromatic rings. The Labute approximate surface area is 90.5 Å². The number of nitrogens with one attached hydrogen (secondary N) is 1. The molecule has 0 saturated heterocycles. The summed E-state index contributed by atoms with van der Waals surface area (Å²) in [7, 11) is 0. The topological polar surface area (TPSA) is 62.2 Å². The van der Waals surface area contributed by atoms with Crippen molar-refractivity contribution in [2.24, 2.45) is 10.7 Å². The molecule has 0 aliphatic heterocycles. The molecule has 0 bridgehead atoms. The Morgan fingerprint density at radius 3 is 2.87 bits per heavy atom. The SMILES string of the molecule is CCCc1ccc(C)cc1C(N)=NC=N. The average Bonchev–Trinajstić information content (AvgIpc) is 2.21. The van der Waals surface area contributed by atoms with Gasteiger partial charge in [-0.05, 0) is 25.0 Å². The molecule has 3 N–H and O–H groups in total. The molecule has 1 aromatic carbocycles. The lowest BCUT2D eigenvalue weighted by atomic mass is 10.00. The third-order valence-electron chi connectivity index (χ3n) is 2.26. The fraction of sp³-hybridized carbons (Fsp3) is 0.333. The Bertz CT molecular complexity index is 380. The van der Waals surface area contributed by atoms with E-state index in [0.717, 1.165) is 30.3 Å². The van der Waals surface area contributed by atoms with Crippen LogP contribution >= 0.6 is 0 Å². The zero-order valence-electron chi connectivity index (χ0n) is 9.25. The molecule has 3 heteroatoms. The molecule has 0 aliphatic carbocycles. The van der Waals surface area contributed by atoms with E-state index in [1.165, 1.54) is 5.56 Å². The molecule has 80 valence electrons. The molecule has 0 aliphatic rings. The highest BCUT2D eigenvalue weighted by atomic mass is 14.9. The van der Waals surface area contributed by atoms with Gasteiger partial charge in [-0.2, -0.15) is 0 Å². The predicted octanol–water partition coefficient (Wildman–Crippen LogP) is 2.26. The highest BCUT2D eigenvalue weighted by molar-refractivity contribution is 6.02. The van der Waals surface area contributed by atoms with Gasteiger partial charge in [-0.3, -0.25) is 5.41 Å². The van der Waals surface area contributed by atoms with E-state index in [1.807, 2.05) is 13.0 Å². The normalized spacial score (nSPS) is 11.5. The average molecular weight is 203 g/mol. The lowest BCUT2D eigenvalue weighted by molar-refractivity contribution is 0.918. The first-order valence-corrected chi connectivity index (χ1v) is 5.11. The van der Waals surface area contributed by atoms with Crippen LogP contribution in [-0.2, 0) is 6.42 Å². The lowest BCUT2D eigenvalue weighted by Gasteiger charge is -2.08. The molecule has 0 spiro atoms. The number of hydrogen-bond donors (Lipinski definition) is 2. The second kappa shape index (κ2) is 5.29. The van der Waals surface area contributed by atoms with Crippen LogP contribution in [-0.4, -0.2) is 12.2 Å². The van der Waals surface area contributed by atoms with Crippen LogP contribution in [0.1, 0.15) is 30.0 Å². The number of aryl methyl sites for hydroxylation is 2. The van der Waals surface area contributed by atoms with E-state index in [9.17, 15) is 0 Å². The van der Waals surface area contributed by atoms with E-state index in [0.29, 0.717) is 5.84 Å². The van der Waals surface area contributed by atoms with Crippen LogP contribution in [0.4, 0.5) is 0 Å².